The van der Waals surface area contributed by atoms with Crippen molar-refractivity contribution in [2.45, 2.75) is 13.5 Å². The van der Waals surface area contributed by atoms with E-state index in [4.69, 9.17) is 9.15 Å². The number of benzene rings is 2. The number of methoxy groups -OCH3 is 1. The van der Waals surface area contributed by atoms with Gasteiger partial charge in [0.15, 0.2) is 5.58 Å². The zero-order valence-corrected chi connectivity index (χ0v) is 15.2. The Morgan fingerprint density at radius 3 is 2.70 bits per heavy atom. The van der Waals surface area contributed by atoms with E-state index in [9.17, 15) is 4.79 Å². The summed E-state index contributed by atoms with van der Waals surface area (Å²) in [6.07, 6.45) is 1.64. The van der Waals surface area contributed by atoms with Gasteiger partial charge in [-0.15, -0.1) is 0 Å². The van der Waals surface area contributed by atoms with Crippen molar-refractivity contribution in [3.63, 3.8) is 0 Å². The fourth-order valence-electron chi connectivity index (χ4n) is 3.23. The molecular formula is C22H20N2O3. The zero-order valence-electron chi connectivity index (χ0n) is 15.2. The number of aromatic nitrogens is 1. The van der Waals surface area contributed by atoms with Crippen molar-refractivity contribution in [2.75, 3.05) is 12.4 Å². The van der Waals surface area contributed by atoms with Crippen LogP contribution in [0.25, 0.3) is 11.1 Å². The Hall–Kier alpha value is -3.47. The average molecular weight is 360 g/mol. The Morgan fingerprint density at radius 2 is 1.89 bits per heavy atom. The van der Waals surface area contributed by atoms with E-state index in [2.05, 4.69) is 24.4 Å². The molecule has 2 aromatic carbocycles. The molecule has 136 valence electrons. The van der Waals surface area contributed by atoms with E-state index in [1.165, 1.54) is 5.56 Å². The maximum Gasteiger partial charge on any atom is 0.272 e. The monoisotopic (exact) mass is 360 g/mol. The van der Waals surface area contributed by atoms with Gasteiger partial charge in [0.2, 0.25) is 0 Å². The van der Waals surface area contributed by atoms with Gasteiger partial charge >= 0.3 is 0 Å². The molecule has 0 unspecified atom stereocenters. The minimum atomic E-state index is -0.209. The normalized spacial score (nSPS) is 10.9. The quantitative estimate of drug-likeness (QED) is 0.553. The number of carbonyl (C=O) groups is 1. The molecule has 0 spiro atoms. The fourth-order valence-corrected chi connectivity index (χ4v) is 3.23. The highest BCUT2D eigenvalue weighted by Gasteiger charge is 2.19. The Bertz CT molecular complexity index is 1110. The van der Waals surface area contributed by atoms with Gasteiger partial charge in [0.05, 0.1) is 24.6 Å². The largest absolute Gasteiger partial charge is 0.495 e. The van der Waals surface area contributed by atoms with Crippen LogP contribution in [-0.4, -0.2) is 17.6 Å². The smallest absolute Gasteiger partial charge is 0.272 e. The van der Waals surface area contributed by atoms with Crippen molar-refractivity contribution in [3.05, 3.63) is 83.7 Å². The second-order valence-corrected chi connectivity index (χ2v) is 6.37. The van der Waals surface area contributed by atoms with E-state index in [0.717, 1.165) is 11.1 Å². The molecule has 4 aromatic rings. The number of nitrogens with one attached hydrogen (secondary N) is 1. The summed E-state index contributed by atoms with van der Waals surface area (Å²) in [6.45, 7) is 2.66. The van der Waals surface area contributed by atoms with Crippen LogP contribution in [-0.2, 0) is 6.54 Å². The molecule has 5 heteroatoms. The third kappa shape index (κ3) is 3.19. The summed E-state index contributed by atoms with van der Waals surface area (Å²) >= 11 is 0. The van der Waals surface area contributed by atoms with Gasteiger partial charge in [0.1, 0.15) is 11.4 Å². The molecule has 0 saturated heterocycles. The number of hydrogen-bond donors (Lipinski definition) is 1. The lowest BCUT2D eigenvalue weighted by molar-refractivity contribution is 0.101. The minimum absolute atomic E-state index is 0.209. The number of anilines is 1. The maximum absolute atomic E-state index is 13.0. The number of ether oxygens (including phenoxy) is 1. The van der Waals surface area contributed by atoms with Crippen molar-refractivity contribution >= 4 is 22.7 Å². The van der Waals surface area contributed by atoms with Crippen molar-refractivity contribution in [3.8, 4) is 5.75 Å². The summed E-state index contributed by atoms with van der Waals surface area (Å²) in [4.78, 5) is 13.0. The SMILES string of the molecule is COc1ccccc1NC(=O)c1cc2occc2n1Cc1ccccc1C. The van der Waals surface area contributed by atoms with Gasteiger partial charge in [-0.1, -0.05) is 36.4 Å². The number of hydrogen-bond acceptors (Lipinski definition) is 3. The average Bonchev–Trinajstić information content (AvgIpc) is 3.26. The molecule has 27 heavy (non-hydrogen) atoms. The summed E-state index contributed by atoms with van der Waals surface area (Å²) in [5.74, 6) is 0.408. The molecule has 0 saturated carbocycles. The second kappa shape index (κ2) is 7.03. The van der Waals surface area contributed by atoms with Crippen LogP contribution in [0, 0.1) is 6.92 Å². The molecule has 0 aliphatic rings. The van der Waals surface area contributed by atoms with Crippen LogP contribution in [0.5, 0.6) is 5.75 Å². The molecule has 1 amide bonds. The van der Waals surface area contributed by atoms with Crippen LogP contribution in [0.2, 0.25) is 0 Å². The van der Waals surface area contributed by atoms with Gasteiger partial charge in [0.25, 0.3) is 5.91 Å². The molecule has 0 aliphatic carbocycles. The Labute approximate surface area is 157 Å². The summed E-state index contributed by atoms with van der Waals surface area (Å²) in [7, 11) is 1.58. The van der Waals surface area contributed by atoms with Gasteiger partial charge in [0, 0.05) is 18.7 Å². The number of aryl methyl sites for hydroxylation is 1. The van der Waals surface area contributed by atoms with Crippen molar-refractivity contribution in [1.82, 2.24) is 4.57 Å². The highest BCUT2D eigenvalue weighted by molar-refractivity contribution is 6.06. The topological polar surface area (TPSA) is 56.4 Å². The first kappa shape index (κ1) is 17.0. The molecule has 0 atom stereocenters. The second-order valence-electron chi connectivity index (χ2n) is 6.37. The standard InChI is InChI=1S/C22H20N2O3/c1-15-7-3-4-8-16(15)14-24-18-11-12-27-21(18)13-19(24)22(25)23-17-9-5-6-10-20(17)26-2/h3-13H,14H2,1-2H3,(H,23,25). The Kier molecular flexibility index (Phi) is 4.42. The third-order valence-corrected chi connectivity index (χ3v) is 4.70. The number of furan rings is 1. The molecule has 0 bridgehead atoms. The number of carbonyl (C=O) groups excluding carboxylic acids is 1. The molecule has 5 nitrogen and oxygen atoms in total. The summed E-state index contributed by atoms with van der Waals surface area (Å²) in [6, 6.07) is 19.2. The van der Waals surface area contributed by atoms with Gasteiger partial charge < -0.3 is 19.0 Å². The molecule has 0 aliphatic heterocycles. The number of para-hydroxylation sites is 2. The molecule has 2 aromatic heterocycles. The van der Waals surface area contributed by atoms with Crippen molar-refractivity contribution in [1.29, 1.82) is 0 Å². The molecule has 0 radical (unpaired) electrons. The molecular weight excluding hydrogens is 340 g/mol. The van der Waals surface area contributed by atoms with Crippen LogP contribution in [0.1, 0.15) is 21.6 Å². The van der Waals surface area contributed by atoms with Gasteiger partial charge in [-0.3, -0.25) is 4.79 Å². The van der Waals surface area contributed by atoms with E-state index in [1.807, 2.05) is 47.0 Å². The molecule has 1 N–H and O–H groups in total. The van der Waals surface area contributed by atoms with E-state index in [-0.39, 0.29) is 5.91 Å². The van der Waals surface area contributed by atoms with Crippen LogP contribution in [0.4, 0.5) is 5.69 Å². The number of fused-ring (bicyclic) bond motifs is 1. The van der Waals surface area contributed by atoms with Crippen LogP contribution in [0.3, 0.4) is 0 Å². The van der Waals surface area contributed by atoms with E-state index in [0.29, 0.717) is 29.3 Å². The fraction of sp³-hybridized carbons (Fsp3) is 0.136. The maximum atomic E-state index is 13.0. The number of amides is 1. The number of nitrogens with zero attached hydrogens (tertiary/aromatic N) is 1. The molecule has 2 heterocycles. The molecule has 0 fully saturated rings. The minimum Gasteiger partial charge on any atom is -0.495 e. The first-order valence-electron chi connectivity index (χ1n) is 8.73. The van der Waals surface area contributed by atoms with E-state index < -0.39 is 0 Å². The number of rotatable bonds is 5. The lowest BCUT2D eigenvalue weighted by Crippen LogP contribution is -2.18. The van der Waals surface area contributed by atoms with Crippen molar-refractivity contribution < 1.29 is 13.9 Å². The predicted octanol–water partition coefficient (Wildman–Crippen LogP) is 4.85. The predicted molar refractivity (Wildman–Crippen MR) is 105 cm³/mol. The first-order chi connectivity index (χ1) is 13.2. The lowest BCUT2D eigenvalue weighted by Gasteiger charge is -2.13. The van der Waals surface area contributed by atoms with Gasteiger partial charge in [-0.25, -0.2) is 0 Å². The van der Waals surface area contributed by atoms with Crippen LogP contribution >= 0.6 is 0 Å². The van der Waals surface area contributed by atoms with Gasteiger partial charge in [-0.05, 0) is 30.2 Å². The van der Waals surface area contributed by atoms with Gasteiger partial charge in [-0.2, -0.15) is 0 Å². The lowest BCUT2D eigenvalue weighted by atomic mass is 10.1. The summed E-state index contributed by atoms with van der Waals surface area (Å²) < 4.78 is 12.8. The third-order valence-electron chi connectivity index (χ3n) is 4.70. The Balaban J connectivity index is 1.72. The molecule has 4 rings (SSSR count). The zero-order chi connectivity index (χ0) is 18.8. The first-order valence-corrected chi connectivity index (χ1v) is 8.73. The highest BCUT2D eigenvalue weighted by atomic mass is 16.5. The summed E-state index contributed by atoms with van der Waals surface area (Å²) in [5.41, 5.74) is 5.09. The summed E-state index contributed by atoms with van der Waals surface area (Å²) in [5, 5.41) is 2.94. The van der Waals surface area contributed by atoms with Crippen molar-refractivity contribution in [2.24, 2.45) is 0 Å². The van der Waals surface area contributed by atoms with Crippen LogP contribution in [0.15, 0.2) is 71.3 Å². The van der Waals surface area contributed by atoms with E-state index >= 15 is 0 Å². The van der Waals surface area contributed by atoms with Crippen LogP contribution < -0.4 is 10.1 Å². The Morgan fingerprint density at radius 1 is 1.11 bits per heavy atom. The highest BCUT2D eigenvalue weighted by Crippen LogP contribution is 2.27. The van der Waals surface area contributed by atoms with E-state index in [1.54, 1.807) is 19.4 Å².